The molecule has 0 unspecified atom stereocenters. The molecular formula is C18H35NO3. The molecule has 0 bridgehead atoms. The zero-order chi connectivity index (χ0) is 17.8. The lowest BCUT2D eigenvalue weighted by atomic mass is 10.2. The Labute approximate surface area is 137 Å². The Morgan fingerprint density at radius 2 is 1.41 bits per heavy atom. The highest BCUT2D eigenvalue weighted by atomic mass is 16.5. The van der Waals surface area contributed by atoms with Gasteiger partial charge in [0.25, 0.3) is 0 Å². The van der Waals surface area contributed by atoms with E-state index in [9.17, 15) is 4.79 Å². The molecule has 1 aromatic rings. The molecule has 0 saturated carbocycles. The molecule has 0 heterocycles. The van der Waals surface area contributed by atoms with Crippen LogP contribution >= 0.6 is 0 Å². The summed E-state index contributed by atoms with van der Waals surface area (Å²) in [6, 6.07) is 10.3. The predicted molar refractivity (Wildman–Crippen MR) is 95.1 cm³/mol. The van der Waals surface area contributed by atoms with Crippen LogP contribution in [0.1, 0.15) is 40.2 Å². The summed E-state index contributed by atoms with van der Waals surface area (Å²) in [5, 5.41) is 7.00. The van der Waals surface area contributed by atoms with E-state index in [1.54, 1.807) is 6.92 Å². The molecule has 0 aliphatic heterocycles. The molecule has 1 rings (SSSR count). The second kappa shape index (κ2) is 21.9. The van der Waals surface area contributed by atoms with Crippen LogP contribution in [0.3, 0.4) is 0 Å². The molecule has 0 aliphatic rings. The van der Waals surface area contributed by atoms with E-state index >= 15 is 0 Å². The average Bonchev–Trinajstić information content (AvgIpc) is 2.53. The smallest absolute Gasteiger partial charge is 0.302 e. The van der Waals surface area contributed by atoms with Crippen LogP contribution in [0.5, 0.6) is 0 Å². The molecule has 0 spiro atoms. The Morgan fingerprint density at radius 3 is 1.50 bits per heavy atom. The third kappa shape index (κ3) is 23.7. The van der Waals surface area contributed by atoms with Gasteiger partial charge in [-0.05, 0) is 33.5 Å². The van der Waals surface area contributed by atoms with Gasteiger partial charge >= 0.3 is 5.97 Å². The number of carbonyl (C=O) groups excluding carboxylic acids is 1. The molecule has 0 radical (unpaired) electrons. The Bertz CT molecular complexity index is 306. The summed E-state index contributed by atoms with van der Waals surface area (Å²) in [6.07, 6.45) is 0. The minimum absolute atomic E-state index is 0.211. The zero-order valence-corrected chi connectivity index (χ0v) is 15.4. The van der Waals surface area contributed by atoms with Crippen LogP contribution in [0, 0.1) is 6.92 Å². The molecule has 0 saturated heterocycles. The van der Waals surface area contributed by atoms with Crippen LogP contribution in [-0.2, 0) is 9.53 Å². The highest BCUT2D eigenvalue weighted by Crippen LogP contribution is 1.92. The van der Waals surface area contributed by atoms with Gasteiger partial charge in [-0.1, -0.05) is 56.7 Å². The largest absolute Gasteiger partial charge is 0.466 e. The lowest BCUT2D eigenvalue weighted by Crippen LogP contribution is -2.21. The minimum atomic E-state index is -0.211. The molecule has 4 nitrogen and oxygen atoms in total. The van der Waals surface area contributed by atoms with Crippen molar-refractivity contribution >= 4 is 5.97 Å². The first-order chi connectivity index (χ1) is 10.5. The number of nitrogens with zero attached hydrogens (tertiary/aromatic N) is 1. The number of carbonyl (C=O) groups is 1. The summed E-state index contributed by atoms with van der Waals surface area (Å²) in [4.78, 5) is 12.2. The monoisotopic (exact) mass is 313 g/mol. The summed E-state index contributed by atoms with van der Waals surface area (Å²) >= 11 is 0. The first kappa shape index (κ1) is 25.6. The quantitative estimate of drug-likeness (QED) is 0.864. The van der Waals surface area contributed by atoms with Gasteiger partial charge in [0.1, 0.15) is 0 Å². The van der Waals surface area contributed by atoms with E-state index < -0.39 is 0 Å². The van der Waals surface area contributed by atoms with Gasteiger partial charge in [0.2, 0.25) is 0 Å². The molecule has 0 atom stereocenters. The van der Waals surface area contributed by atoms with Gasteiger partial charge in [0.15, 0.2) is 0 Å². The van der Waals surface area contributed by atoms with E-state index in [-0.39, 0.29) is 5.97 Å². The third-order valence-electron chi connectivity index (χ3n) is 2.63. The van der Waals surface area contributed by atoms with Gasteiger partial charge < -0.3 is 14.7 Å². The number of benzene rings is 1. The maximum atomic E-state index is 9.82. The number of aliphatic hydroxyl groups is 1. The first-order valence-corrected chi connectivity index (χ1v) is 7.83. The lowest BCUT2D eigenvalue weighted by Gasteiger charge is -2.13. The van der Waals surface area contributed by atoms with Crippen LogP contribution < -0.4 is 0 Å². The maximum Gasteiger partial charge on any atom is 0.302 e. The summed E-state index contributed by atoms with van der Waals surface area (Å²) < 4.78 is 4.40. The van der Waals surface area contributed by atoms with Crippen LogP contribution in [0.4, 0.5) is 0 Å². The van der Waals surface area contributed by atoms with Crippen LogP contribution in [-0.4, -0.2) is 49.3 Å². The molecule has 0 amide bonds. The van der Waals surface area contributed by atoms with Gasteiger partial charge in [-0.15, -0.1) is 0 Å². The molecule has 0 aromatic heterocycles. The highest BCUT2D eigenvalue weighted by molar-refractivity contribution is 5.65. The Morgan fingerprint density at radius 1 is 1.00 bits per heavy atom. The molecule has 1 aromatic carbocycles. The van der Waals surface area contributed by atoms with Gasteiger partial charge in [-0.25, -0.2) is 0 Å². The topological polar surface area (TPSA) is 49.8 Å². The fourth-order valence-corrected chi connectivity index (χ4v) is 1.41. The highest BCUT2D eigenvalue weighted by Gasteiger charge is 1.89. The van der Waals surface area contributed by atoms with Gasteiger partial charge in [-0.2, -0.15) is 0 Å². The second-order valence-electron chi connectivity index (χ2n) is 4.20. The Kier molecular flexibility index (Phi) is 25.4. The molecule has 4 heteroatoms. The minimum Gasteiger partial charge on any atom is -0.466 e. The van der Waals surface area contributed by atoms with Crippen molar-refractivity contribution in [1.29, 1.82) is 0 Å². The zero-order valence-electron chi connectivity index (χ0n) is 15.4. The number of ether oxygens (including phenoxy) is 1. The number of rotatable bonds is 4. The van der Waals surface area contributed by atoms with Gasteiger partial charge in [-0.3, -0.25) is 4.79 Å². The number of aryl methyl sites for hydroxylation is 1. The van der Waals surface area contributed by atoms with Crippen LogP contribution in [0.15, 0.2) is 30.3 Å². The summed E-state index contributed by atoms with van der Waals surface area (Å²) in [7, 11) is 1.00. The van der Waals surface area contributed by atoms with E-state index in [0.717, 1.165) is 7.11 Å². The van der Waals surface area contributed by atoms with Gasteiger partial charge in [0.05, 0.1) is 6.61 Å². The molecule has 1 N–H and O–H groups in total. The van der Waals surface area contributed by atoms with E-state index in [1.807, 2.05) is 18.2 Å². The van der Waals surface area contributed by atoms with Crippen LogP contribution in [0.25, 0.3) is 0 Å². The van der Waals surface area contributed by atoms with Crippen molar-refractivity contribution in [2.24, 2.45) is 0 Å². The number of aliphatic hydroxyl groups excluding tert-OH is 1. The molecule has 0 fully saturated rings. The molecular weight excluding hydrogens is 278 g/mol. The Balaban J connectivity index is -0.000000234. The van der Waals surface area contributed by atoms with E-state index in [4.69, 9.17) is 5.11 Å². The SMILES string of the molecule is CCN(CC)CC.CCOC(C)=O.CO.Cc1ccccc1. The molecule has 0 aliphatic carbocycles. The summed E-state index contributed by atoms with van der Waals surface area (Å²) in [5.74, 6) is -0.211. The number of hydrogen-bond donors (Lipinski definition) is 1. The maximum absolute atomic E-state index is 9.82. The average molecular weight is 313 g/mol. The van der Waals surface area contributed by atoms with Crippen molar-refractivity contribution in [2.45, 2.75) is 41.5 Å². The fraction of sp³-hybridized carbons (Fsp3) is 0.611. The van der Waals surface area contributed by atoms with Crippen LogP contribution in [0.2, 0.25) is 0 Å². The Hall–Kier alpha value is -1.39. The number of esters is 1. The predicted octanol–water partition coefficient (Wildman–Crippen LogP) is 3.52. The van der Waals surface area contributed by atoms with E-state index in [1.165, 1.54) is 32.1 Å². The summed E-state index contributed by atoms with van der Waals surface area (Å²) in [6.45, 7) is 15.9. The van der Waals surface area contributed by atoms with Crippen molar-refractivity contribution in [1.82, 2.24) is 4.90 Å². The van der Waals surface area contributed by atoms with E-state index in [0.29, 0.717) is 6.61 Å². The fourth-order valence-electron chi connectivity index (χ4n) is 1.41. The van der Waals surface area contributed by atoms with E-state index in [2.05, 4.69) is 49.5 Å². The second-order valence-corrected chi connectivity index (χ2v) is 4.20. The van der Waals surface area contributed by atoms with Crippen molar-refractivity contribution < 1.29 is 14.6 Å². The lowest BCUT2D eigenvalue weighted by molar-refractivity contribution is -0.140. The van der Waals surface area contributed by atoms with Crippen molar-refractivity contribution in [3.63, 3.8) is 0 Å². The standard InChI is InChI=1S/C7H8.C6H15N.C4H8O2.CH4O/c1-7-5-3-2-4-6-7;1-4-7(5-2)6-3;1-3-6-4(2)5;1-2/h2-6H,1H3;4-6H2,1-3H3;3H2,1-2H3;2H,1H3. The van der Waals surface area contributed by atoms with Crippen molar-refractivity contribution in [2.75, 3.05) is 33.4 Å². The normalized spacial score (nSPS) is 8.41. The first-order valence-electron chi connectivity index (χ1n) is 7.83. The third-order valence-corrected chi connectivity index (χ3v) is 2.63. The van der Waals surface area contributed by atoms with Crippen molar-refractivity contribution in [3.05, 3.63) is 35.9 Å². The van der Waals surface area contributed by atoms with Crippen molar-refractivity contribution in [3.8, 4) is 0 Å². The number of hydrogen-bond acceptors (Lipinski definition) is 4. The summed E-state index contributed by atoms with van der Waals surface area (Å²) in [5.41, 5.74) is 1.32. The van der Waals surface area contributed by atoms with Gasteiger partial charge in [0, 0.05) is 14.0 Å². The molecule has 130 valence electrons. The molecule has 22 heavy (non-hydrogen) atoms.